The smallest absolute Gasteiger partial charge is 0.219 e. The topological polar surface area (TPSA) is 831 Å². The molecule has 686 valence electrons. The Morgan fingerprint density at radius 2 is 0.580 bits per heavy atom. The Kier molecular flexibility index (Phi) is 35.9. The van der Waals surface area contributed by atoms with E-state index < -0.39 is 378 Å². The molecular formula is C66H110N6O47. The highest BCUT2D eigenvalue weighted by Gasteiger charge is 2.61. The summed E-state index contributed by atoms with van der Waals surface area (Å²) in [6.45, 7) is -6.25. The van der Waals surface area contributed by atoms with E-state index in [-0.39, 0.29) is 6.29 Å². The third-order valence-electron chi connectivity index (χ3n) is 21.4. The minimum atomic E-state index is -2.61. The highest BCUT2D eigenvalue weighted by atomic mass is 16.8. The molecule has 0 aromatic heterocycles. The predicted octanol–water partition coefficient (Wildman–Crippen LogP) is -21.0. The molecule has 31 N–H and O–H groups in total. The van der Waals surface area contributed by atoms with Crippen molar-refractivity contribution in [3.8, 4) is 0 Å². The van der Waals surface area contributed by atoms with Crippen LogP contribution in [0.3, 0.4) is 0 Å². The van der Waals surface area contributed by atoms with Gasteiger partial charge in [0.1, 0.15) is 226 Å². The van der Waals surface area contributed by atoms with E-state index >= 15 is 0 Å². The second-order valence-electron chi connectivity index (χ2n) is 29.8. The Bertz CT molecular complexity index is 3230. The van der Waals surface area contributed by atoms with E-state index in [1.807, 2.05) is 0 Å². The molecule has 0 aromatic carbocycles. The highest BCUT2D eigenvalue weighted by molar-refractivity contribution is 5.79. The van der Waals surface area contributed by atoms with Gasteiger partial charge in [0.25, 0.3) is 0 Å². The number of carbonyl (C=O) groups is 6. The zero-order valence-corrected chi connectivity index (χ0v) is 63.9. The van der Waals surface area contributed by atoms with Crippen molar-refractivity contribution in [2.45, 2.75) is 316 Å². The molecule has 9 rings (SSSR count). The molecule has 5 amide bonds. The fourth-order valence-corrected chi connectivity index (χ4v) is 15.2. The Labute approximate surface area is 673 Å². The molecular weight excluding hydrogens is 1630 g/mol. The van der Waals surface area contributed by atoms with Gasteiger partial charge >= 0.3 is 0 Å². The van der Waals surface area contributed by atoms with Crippen LogP contribution in [0, 0.1) is 0 Å². The quantitative estimate of drug-likeness (QED) is 0.0266. The van der Waals surface area contributed by atoms with Crippen LogP contribution < -0.4 is 32.3 Å². The third kappa shape index (κ3) is 22.4. The number of hydrogen-bond donors (Lipinski definition) is 30. The van der Waals surface area contributed by atoms with Crippen molar-refractivity contribution in [2.24, 2.45) is 5.73 Å². The number of aliphatic hydroxyl groups excluding tert-OH is 24. The lowest BCUT2D eigenvalue weighted by Gasteiger charge is -2.51. The van der Waals surface area contributed by atoms with Gasteiger partial charge in [-0.25, -0.2) is 0 Å². The average Bonchev–Trinajstić information content (AvgIpc) is 0.769. The number of carbonyl (C=O) groups excluding carboxylic acids is 6. The number of aldehydes is 1. The fraction of sp³-hybridized carbons (Fsp3) is 0.909. The van der Waals surface area contributed by atoms with Gasteiger partial charge in [-0.15, -0.1) is 0 Å². The average molecular weight is 1740 g/mol. The zero-order chi connectivity index (χ0) is 87.8. The lowest BCUT2D eigenvalue weighted by Crippen LogP contribution is -2.72. The van der Waals surface area contributed by atoms with Crippen LogP contribution in [0.2, 0.25) is 0 Å². The van der Waals surface area contributed by atoms with Crippen molar-refractivity contribution in [3.05, 3.63) is 0 Å². The van der Waals surface area contributed by atoms with Gasteiger partial charge in [-0.1, -0.05) is 0 Å². The summed E-state index contributed by atoms with van der Waals surface area (Å²) in [5.74, 6) is -4.68. The predicted molar refractivity (Wildman–Crippen MR) is 368 cm³/mol. The third-order valence-corrected chi connectivity index (χ3v) is 21.4. The van der Waals surface area contributed by atoms with Crippen molar-refractivity contribution < 1.29 is 232 Å². The van der Waals surface area contributed by atoms with Gasteiger partial charge in [0.15, 0.2) is 50.3 Å². The Hall–Kier alpha value is -4.66. The summed E-state index contributed by atoms with van der Waals surface area (Å²) in [5.41, 5.74) is 5.30. The summed E-state index contributed by atoms with van der Waals surface area (Å²) in [7, 11) is 0. The number of amides is 5. The van der Waals surface area contributed by atoms with Crippen LogP contribution in [0.5, 0.6) is 0 Å². The first-order chi connectivity index (χ1) is 56.3. The van der Waals surface area contributed by atoms with Gasteiger partial charge in [0.05, 0.1) is 71.5 Å². The molecule has 0 spiro atoms. The number of nitrogens with one attached hydrogen (secondary N) is 5. The molecule has 53 nitrogen and oxygen atoms in total. The maximum absolute atomic E-state index is 13.2. The molecule has 0 aromatic rings. The van der Waals surface area contributed by atoms with Crippen LogP contribution >= 0.6 is 0 Å². The lowest BCUT2D eigenvalue weighted by atomic mass is 9.93. The zero-order valence-electron chi connectivity index (χ0n) is 63.9. The van der Waals surface area contributed by atoms with E-state index in [2.05, 4.69) is 26.6 Å². The number of primary amides is 1. The first-order valence-electron chi connectivity index (χ1n) is 37.8. The van der Waals surface area contributed by atoms with Gasteiger partial charge in [-0.3, -0.25) is 29.3 Å². The first kappa shape index (κ1) is 98.1. The summed E-state index contributed by atoms with van der Waals surface area (Å²) in [6, 6.07) is -8.90. The number of rotatable bonds is 34. The maximum atomic E-state index is 13.2. The van der Waals surface area contributed by atoms with E-state index in [1.165, 1.54) is 0 Å². The van der Waals surface area contributed by atoms with E-state index in [0.717, 1.165) is 27.7 Å². The van der Waals surface area contributed by atoms with Crippen LogP contribution in [0.25, 0.3) is 0 Å². The van der Waals surface area contributed by atoms with Gasteiger partial charge in [-0.05, 0) is 0 Å². The molecule has 0 radical (unpaired) electrons. The van der Waals surface area contributed by atoms with Gasteiger partial charge in [0.2, 0.25) is 29.5 Å². The van der Waals surface area contributed by atoms with Gasteiger partial charge in [-0.2, -0.15) is 0 Å². The number of hydrogen-bond acceptors (Lipinski definition) is 48. The van der Waals surface area contributed by atoms with Crippen molar-refractivity contribution >= 4 is 35.8 Å². The van der Waals surface area contributed by atoms with Crippen LogP contribution in [-0.2, 0) is 109 Å². The molecule has 9 saturated heterocycles. The number of ether oxygens (including phenoxy) is 17. The summed E-state index contributed by atoms with van der Waals surface area (Å²) in [4.78, 5) is 75.5. The number of nitrogens with two attached hydrogens (primary N) is 1. The first-order valence-corrected chi connectivity index (χ1v) is 37.8. The fourth-order valence-electron chi connectivity index (χ4n) is 15.2. The van der Waals surface area contributed by atoms with Crippen LogP contribution in [-0.4, -0.2) is 500 Å². The Balaban J connectivity index is 1.06. The molecule has 9 heterocycles. The summed E-state index contributed by atoms with van der Waals surface area (Å²) >= 11 is 0. The monoisotopic (exact) mass is 1740 g/mol. The minimum absolute atomic E-state index is 0.258. The van der Waals surface area contributed by atoms with E-state index in [0.29, 0.717) is 0 Å². The van der Waals surface area contributed by atoms with Crippen molar-refractivity contribution in [1.29, 1.82) is 0 Å². The molecule has 0 bridgehead atoms. The second-order valence-corrected chi connectivity index (χ2v) is 29.8. The summed E-state index contributed by atoms with van der Waals surface area (Å²) < 4.78 is 102. The molecule has 19 unspecified atom stereocenters. The van der Waals surface area contributed by atoms with Gasteiger partial charge < -0.3 is 235 Å². The van der Waals surface area contributed by atoms with E-state index in [9.17, 15) is 151 Å². The molecule has 0 aliphatic carbocycles. The van der Waals surface area contributed by atoms with E-state index in [4.69, 9.17) is 86.3 Å². The standard InChI is InChI=1S/C66H110N6O47/c1-16(82)68-31-40(92)51(25(11-78)104-58(31)72-20(6-73)5-30(67)86)113-59-32(69-17(2)83)41(93)54(28(14-81)109-59)116-64-50(102)55(117-66-57(47(99)38(90)24(10-77)108-66)119-61-34(71-19(4)85)43(95)53(27(13-80)111-61)115-63-49(101)45(97)36(88)22(8-75)106-63)39(91)29(112-64)15-103-65-56(46(98)37(89)23(9-76)107-65)118-60-33(70-18(3)84)42(94)52(26(12-79)110-60)114-62-48(100)44(96)35(87)21(7-74)105-62/h6,20-29,31-66,72,74-81,87-102H,5,7-15H2,1-4H3,(H2,67,86)(H,68,82)(H,69,83)(H,70,84)(H,71,85)/t20-,21?,22?,23?,24-,25?,26+,27?,28?,29?,31?,32?,33?,34?,35+,36+,37-,38-,39-,40-,41-,42?,43-,44+,45+,46+,47?,48?,49?,50?,51-,52?,53-,54-,55+,56?,57?,58-,59+,60+,61+,62+,63+,64+,65+,66-/m1/s1. The lowest BCUT2D eigenvalue weighted by molar-refractivity contribution is -0.398. The molecule has 9 fully saturated rings. The molecule has 0 saturated carbocycles. The molecule has 9 aliphatic heterocycles. The molecule has 9 aliphatic rings. The van der Waals surface area contributed by atoms with Gasteiger partial charge in [0, 0.05) is 34.1 Å². The summed E-state index contributed by atoms with van der Waals surface area (Å²) in [5, 5.41) is 280. The maximum Gasteiger partial charge on any atom is 0.219 e. The SMILES string of the molecule is CC(=O)NC1C(O)C(O[C@@H]2OC(CO)[C@H](O)[C@H](O)C2O)[C@H](CO)O[C@H]1OC1[C@@H](OCC2O[C@@H](O[C@@H]3C(CO)O[C@@H](O[C@@H]4C(CO)O[C@@H](N[C@@H](C=O)CC(N)=O)C(NC(C)=O)[C@H]4O)C(NC(C)=O)[C@H]3O)C(O)[C@@H](O[C@H]3O[C@H](CO)[C@@H](O)C(O)C3O[C@@H]3OC(CO)[C@@H](O[C@@H]4OC(CO)[C@H](O)[C@H](O)C4O)[C@H](O)C3NC(C)=O)[C@@H]2O)OC(CO)[C@@H](O)[C@@H]1O. The van der Waals surface area contributed by atoms with Crippen molar-refractivity contribution in [1.82, 2.24) is 26.6 Å². The van der Waals surface area contributed by atoms with Crippen molar-refractivity contribution in [2.75, 3.05) is 59.5 Å². The largest absolute Gasteiger partial charge is 0.394 e. The molecule has 119 heavy (non-hydrogen) atoms. The Morgan fingerprint density at radius 1 is 0.303 bits per heavy atom. The second kappa shape index (κ2) is 43.5. The van der Waals surface area contributed by atoms with Crippen LogP contribution in [0.1, 0.15) is 34.1 Å². The molecule has 53 heteroatoms. The summed E-state index contributed by atoms with van der Waals surface area (Å²) in [6.07, 6.45) is -86.2. The van der Waals surface area contributed by atoms with E-state index in [1.54, 1.807) is 0 Å². The van der Waals surface area contributed by atoms with Crippen molar-refractivity contribution in [3.63, 3.8) is 0 Å². The minimum Gasteiger partial charge on any atom is -0.394 e. The van der Waals surface area contributed by atoms with Crippen LogP contribution in [0.15, 0.2) is 0 Å². The molecule has 46 atom stereocenters. The number of aliphatic hydroxyl groups is 24. The highest BCUT2D eigenvalue weighted by Crippen LogP contribution is 2.40. The van der Waals surface area contributed by atoms with Crippen LogP contribution in [0.4, 0.5) is 0 Å². The normalized spacial score (nSPS) is 46.9. The Morgan fingerprint density at radius 3 is 0.933 bits per heavy atom.